The van der Waals surface area contributed by atoms with E-state index in [2.05, 4.69) is 0 Å². The van der Waals surface area contributed by atoms with E-state index in [1.54, 1.807) is 6.07 Å². The molecule has 0 radical (unpaired) electrons. The van der Waals surface area contributed by atoms with Crippen molar-refractivity contribution in [3.05, 3.63) is 59.2 Å². The molecule has 0 aromatic heterocycles. The molecule has 2 rings (SSSR count). The zero-order chi connectivity index (χ0) is 20.0. The topological polar surface area (TPSA) is 47.6 Å². The quantitative estimate of drug-likeness (QED) is 0.791. The number of ether oxygens (including phenoxy) is 2. The van der Waals surface area contributed by atoms with Crippen molar-refractivity contribution in [3.63, 3.8) is 0 Å². The molecule has 0 heterocycles. The minimum Gasteiger partial charge on any atom is -0.496 e. The van der Waals surface area contributed by atoms with Crippen LogP contribution in [0.2, 0.25) is 0 Å². The van der Waals surface area contributed by atoms with Crippen LogP contribution in [0.3, 0.4) is 0 Å². The van der Waals surface area contributed by atoms with Crippen LogP contribution in [0, 0.1) is 0 Å². The minimum atomic E-state index is -4.91. The molecule has 0 saturated carbocycles. The molecule has 2 aromatic carbocycles. The minimum absolute atomic E-state index is 0.174. The van der Waals surface area contributed by atoms with Crippen molar-refractivity contribution >= 4 is 5.91 Å². The number of alkyl halides is 3. The summed E-state index contributed by atoms with van der Waals surface area (Å²) in [7, 11) is 3.03. The fourth-order valence-electron chi connectivity index (χ4n) is 2.82. The highest BCUT2D eigenvalue weighted by Gasteiger charge is 2.39. The monoisotopic (exact) mass is 381 g/mol. The molecule has 0 fully saturated rings. The van der Waals surface area contributed by atoms with Gasteiger partial charge in [-0.05, 0) is 36.6 Å². The van der Waals surface area contributed by atoms with Crippen LogP contribution >= 0.6 is 0 Å². The maximum absolute atomic E-state index is 12.4. The van der Waals surface area contributed by atoms with Crippen molar-refractivity contribution in [2.75, 3.05) is 14.2 Å². The van der Waals surface area contributed by atoms with Crippen LogP contribution in [-0.4, -0.2) is 32.3 Å². The molecule has 1 unspecified atom stereocenters. The SMILES string of the molecule is COc1cc(CC(C)NC(=O)C(F)(F)F)c(OC)cc1Cc1ccccc1. The third-order valence-electron chi connectivity index (χ3n) is 4.08. The molecule has 2 aromatic rings. The summed E-state index contributed by atoms with van der Waals surface area (Å²) in [4.78, 5) is 11.1. The predicted molar refractivity (Wildman–Crippen MR) is 96.2 cm³/mol. The smallest absolute Gasteiger partial charge is 0.471 e. The van der Waals surface area contributed by atoms with E-state index in [9.17, 15) is 18.0 Å². The fraction of sp³-hybridized carbons (Fsp3) is 0.350. The van der Waals surface area contributed by atoms with Crippen LogP contribution in [0.25, 0.3) is 0 Å². The summed E-state index contributed by atoms with van der Waals surface area (Å²) in [5.74, 6) is -0.805. The number of rotatable bonds is 7. The molecular weight excluding hydrogens is 359 g/mol. The van der Waals surface area contributed by atoms with Crippen molar-refractivity contribution in [1.29, 1.82) is 0 Å². The normalized spacial score (nSPS) is 12.4. The molecule has 1 atom stereocenters. The van der Waals surface area contributed by atoms with E-state index in [-0.39, 0.29) is 6.42 Å². The number of methoxy groups -OCH3 is 2. The first-order valence-corrected chi connectivity index (χ1v) is 8.40. The highest BCUT2D eigenvalue weighted by molar-refractivity contribution is 5.81. The molecule has 0 bridgehead atoms. The van der Waals surface area contributed by atoms with Crippen LogP contribution < -0.4 is 14.8 Å². The third-order valence-corrected chi connectivity index (χ3v) is 4.08. The Balaban J connectivity index is 2.23. The highest BCUT2D eigenvalue weighted by atomic mass is 19.4. The van der Waals surface area contributed by atoms with E-state index < -0.39 is 18.1 Å². The Bertz CT molecular complexity index is 776. The molecule has 0 aliphatic rings. The van der Waals surface area contributed by atoms with Crippen molar-refractivity contribution in [3.8, 4) is 11.5 Å². The molecule has 146 valence electrons. The molecule has 0 aliphatic heterocycles. The van der Waals surface area contributed by atoms with E-state index >= 15 is 0 Å². The number of hydrogen-bond acceptors (Lipinski definition) is 3. The Morgan fingerprint density at radius 3 is 2.15 bits per heavy atom. The van der Waals surface area contributed by atoms with Crippen LogP contribution in [-0.2, 0) is 17.6 Å². The van der Waals surface area contributed by atoms with Crippen LogP contribution in [0.5, 0.6) is 11.5 Å². The van der Waals surface area contributed by atoms with Gasteiger partial charge in [0.15, 0.2) is 0 Å². The van der Waals surface area contributed by atoms with Gasteiger partial charge in [0.2, 0.25) is 0 Å². The third kappa shape index (κ3) is 5.64. The van der Waals surface area contributed by atoms with Gasteiger partial charge in [0, 0.05) is 18.0 Å². The van der Waals surface area contributed by atoms with Gasteiger partial charge >= 0.3 is 12.1 Å². The van der Waals surface area contributed by atoms with Gasteiger partial charge in [0.05, 0.1) is 14.2 Å². The first-order valence-electron chi connectivity index (χ1n) is 8.40. The molecule has 0 saturated heterocycles. The second kappa shape index (κ2) is 8.79. The number of halogens is 3. The Morgan fingerprint density at radius 1 is 1.04 bits per heavy atom. The van der Waals surface area contributed by atoms with E-state index in [1.165, 1.54) is 21.1 Å². The molecule has 27 heavy (non-hydrogen) atoms. The fourth-order valence-corrected chi connectivity index (χ4v) is 2.82. The van der Waals surface area contributed by atoms with Crippen molar-refractivity contribution < 1.29 is 27.4 Å². The summed E-state index contributed by atoms with van der Waals surface area (Å²) >= 11 is 0. The number of benzene rings is 2. The van der Waals surface area contributed by atoms with E-state index in [0.717, 1.165) is 11.1 Å². The van der Waals surface area contributed by atoms with Gasteiger partial charge in [0.1, 0.15) is 11.5 Å². The van der Waals surface area contributed by atoms with Crippen LogP contribution in [0.4, 0.5) is 13.2 Å². The first kappa shape index (κ1) is 20.6. The number of nitrogens with one attached hydrogen (secondary N) is 1. The summed E-state index contributed by atoms with van der Waals surface area (Å²) in [6, 6.07) is 12.6. The van der Waals surface area contributed by atoms with Gasteiger partial charge in [-0.1, -0.05) is 30.3 Å². The summed E-state index contributed by atoms with van der Waals surface area (Å²) in [5, 5.41) is 1.95. The second-order valence-corrected chi connectivity index (χ2v) is 6.21. The first-order chi connectivity index (χ1) is 12.7. The number of carbonyl (C=O) groups is 1. The predicted octanol–water partition coefficient (Wildman–Crippen LogP) is 3.90. The Hall–Kier alpha value is -2.70. The van der Waals surface area contributed by atoms with Gasteiger partial charge < -0.3 is 14.8 Å². The summed E-state index contributed by atoms with van der Waals surface area (Å²) in [6.07, 6.45) is -4.11. The zero-order valence-electron chi connectivity index (χ0n) is 15.4. The lowest BCUT2D eigenvalue weighted by atomic mass is 9.98. The number of amides is 1. The lowest BCUT2D eigenvalue weighted by molar-refractivity contribution is -0.174. The van der Waals surface area contributed by atoms with Crippen LogP contribution in [0.15, 0.2) is 42.5 Å². The zero-order valence-corrected chi connectivity index (χ0v) is 15.4. The number of hydrogen-bond donors (Lipinski definition) is 1. The Labute approximate surface area is 156 Å². The second-order valence-electron chi connectivity index (χ2n) is 6.21. The van der Waals surface area contributed by atoms with Crippen molar-refractivity contribution in [2.24, 2.45) is 0 Å². The Kier molecular flexibility index (Phi) is 6.71. The molecule has 0 aliphatic carbocycles. The molecule has 1 amide bonds. The van der Waals surface area contributed by atoms with Gasteiger partial charge in [-0.2, -0.15) is 13.2 Å². The highest BCUT2D eigenvalue weighted by Crippen LogP contribution is 2.31. The number of carbonyl (C=O) groups excluding carboxylic acids is 1. The lowest BCUT2D eigenvalue weighted by Crippen LogP contribution is -2.42. The van der Waals surface area contributed by atoms with E-state index in [4.69, 9.17) is 9.47 Å². The van der Waals surface area contributed by atoms with Gasteiger partial charge in [-0.15, -0.1) is 0 Å². The van der Waals surface area contributed by atoms with E-state index in [0.29, 0.717) is 23.5 Å². The molecule has 7 heteroatoms. The van der Waals surface area contributed by atoms with Crippen LogP contribution in [0.1, 0.15) is 23.6 Å². The van der Waals surface area contributed by atoms with Gasteiger partial charge in [0.25, 0.3) is 0 Å². The van der Waals surface area contributed by atoms with Crippen molar-refractivity contribution in [2.45, 2.75) is 32.0 Å². The maximum atomic E-state index is 12.4. The summed E-state index contributed by atoms with van der Waals surface area (Å²) < 4.78 is 48.1. The summed E-state index contributed by atoms with van der Waals surface area (Å²) in [6.45, 7) is 1.51. The van der Waals surface area contributed by atoms with Gasteiger partial charge in [-0.25, -0.2) is 0 Å². The van der Waals surface area contributed by atoms with Crippen molar-refractivity contribution in [1.82, 2.24) is 5.32 Å². The average molecular weight is 381 g/mol. The summed E-state index contributed by atoms with van der Waals surface area (Å²) in [5.41, 5.74) is 2.65. The van der Waals surface area contributed by atoms with E-state index in [1.807, 2.05) is 41.7 Å². The average Bonchev–Trinajstić information content (AvgIpc) is 2.62. The molecule has 1 N–H and O–H groups in total. The standard InChI is InChI=1S/C20H22F3NO3/c1-13(24-19(25)20(21,22)23)9-15-11-18(27-3)16(12-17(15)26-2)10-14-7-5-4-6-8-14/h4-8,11-13H,9-10H2,1-3H3,(H,24,25). The molecule has 0 spiro atoms. The molecule has 4 nitrogen and oxygen atoms in total. The lowest BCUT2D eigenvalue weighted by Gasteiger charge is -2.19. The Morgan fingerprint density at radius 2 is 1.59 bits per heavy atom. The largest absolute Gasteiger partial charge is 0.496 e. The maximum Gasteiger partial charge on any atom is 0.471 e. The molecular formula is C20H22F3NO3. The van der Waals surface area contributed by atoms with Gasteiger partial charge in [-0.3, -0.25) is 4.79 Å².